The van der Waals surface area contributed by atoms with Crippen LogP contribution in [-0.4, -0.2) is 28.4 Å². The van der Waals surface area contributed by atoms with E-state index in [9.17, 15) is 15.0 Å². The number of carbonyl (C=O) groups excluding carboxylic acids is 1. The number of rotatable bonds is 8. The Kier molecular flexibility index (Phi) is 8.03. The lowest BCUT2D eigenvalue weighted by Crippen LogP contribution is -2.44. The molecule has 1 aromatic heterocycles. The number of benzene rings is 1. The summed E-state index contributed by atoms with van der Waals surface area (Å²) in [6.07, 6.45) is 2.41. The van der Waals surface area contributed by atoms with Crippen molar-refractivity contribution in [2.75, 3.05) is 6.61 Å². The van der Waals surface area contributed by atoms with Gasteiger partial charge < -0.3 is 14.9 Å². The van der Waals surface area contributed by atoms with Gasteiger partial charge in [0.05, 0.1) is 0 Å². The largest absolute Gasteiger partial charge is 0.511 e. The summed E-state index contributed by atoms with van der Waals surface area (Å²) in [6.45, 7) is 12.6. The van der Waals surface area contributed by atoms with Crippen molar-refractivity contribution in [2.24, 2.45) is 5.92 Å². The minimum Gasteiger partial charge on any atom is -0.511 e. The quantitative estimate of drug-likeness (QED) is 0.404. The zero-order valence-corrected chi connectivity index (χ0v) is 22.2. The van der Waals surface area contributed by atoms with E-state index in [4.69, 9.17) is 4.74 Å². The molecule has 1 unspecified atom stereocenters. The minimum absolute atomic E-state index is 0.0823. The molecule has 1 aromatic carbocycles. The normalized spacial score (nSPS) is 19.3. The predicted molar refractivity (Wildman–Crippen MR) is 137 cm³/mol. The summed E-state index contributed by atoms with van der Waals surface area (Å²) in [5, 5.41) is 24.7. The van der Waals surface area contributed by atoms with Crippen molar-refractivity contribution in [2.45, 2.75) is 83.1 Å². The van der Waals surface area contributed by atoms with Crippen LogP contribution in [0.15, 0.2) is 44.5 Å². The number of ether oxygens (including phenoxy) is 1. The van der Waals surface area contributed by atoms with Crippen LogP contribution in [0.25, 0.3) is 0 Å². The monoisotopic (exact) mass is 488 g/mol. The first-order valence-corrected chi connectivity index (χ1v) is 13.3. The van der Waals surface area contributed by atoms with Crippen LogP contribution >= 0.6 is 23.1 Å². The molecule has 1 atom stereocenters. The number of aliphatic hydroxyl groups excluding tert-OH is 2. The third-order valence-corrected chi connectivity index (χ3v) is 8.41. The van der Waals surface area contributed by atoms with Gasteiger partial charge in [-0.3, -0.25) is 0 Å². The van der Waals surface area contributed by atoms with Crippen LogP contribution in [0.3, 0.4) is 0 Å². The van der Waals surface area contributed by atoms with Crippen molar-refractivity contribution in [1.29, 1.82) is 0 Å². The van der Waals surface area contributed by atoms with Crippen molar-refractivity contribution in [3.8, 4) is 0 Å². The fourth-order valence-electron chi connectivity index (χ4n) is 4.29. The molecule has 4 nitrogen and oxygen atoms in total. The third-order valence-electron chi connectivity index (χ3n) is 6.52. The third kappa shape index (κ3) is 5.84. The number of carbonyl (C=O) groups is 1. The molecule has 180 valence electrons. The molecule has 0 spiro atoms. The molecule has 2 N–H and O–H groups in total. The van der Waals surface area contributed by atoms with Gasteiger partial charge >= 0.3 is 5.97 Å². The Hall–Kier alpha value is -1.76. The topological polar surface area (TPSA) is 66.8 Å². The second-order valence-electron chi connectivity index (χ2n) is 10.3. The molecule has 2 aromatic rings. The SMILES string of the molecule is Cc1cc(SC2=C(O)CC(CCc3ccsc3)(C(C)C)OC2=O)c(C(C)(C)C)cc1CCO. The Bertz CT molecular complexity index is 1020. The highest BCUT2D eigenvalue weighted by molar-refractivity contribution is 8.04. The van der Waals surface area contributed by atoms with Gasteiger partial charge in [0.1, 0.15) is 16.3 Å². The molecule has 33 heavy (non-hydrogen) atoms. The Labute approximate surface area is 206 Å². The summed E-state index contributed by atoms with van der Waals surface area (Å²) in [5.41, 5.74) is 3.62. The molecular weight excluding hydrogens is 452 g/mol. The number of aryl methyl sites for hydroxylation is 2. The number of cyclic esters (lactones) is 1. The van der Waals surface area contributed by atoms with E-state index < -0.39 is 11.6 Å². The summed E-state index contributed by atoms with van der Waals surface area (Å²) >= 11 is 2.96. The van der Waals surface area contributed by atoms with Gasteiger partial charge in [-0.05, 0) is 82.7 Å². The molecule has 0 saturated carbocycles. The van der Waals surface area contributed by atoms with Crippen LogP contribution in [0, 0.1) is 12.8 Å². The second-order valence-corrected chi connectivity index (χ2v) is 12.1. The van der Waals surface area contributed by atoms with Crippen molar-refractivity contribution in [1.82, 2.24) is 0 Å². The summed E-state index contributed by atoms with van der Waals surface area (Å²) in [6, 6.07) is 6.28. The van der Waals surface area contributed by atoms with Gasteiger partial charge in [0, 0.05) is 17.9 Å². The maximum atomic E-state index is 13.2. The molecule has 0 aliphatic carbocycles. The number of thiophene rings is 1. The Morgan fingerprint density at radius 3 is 2.52 bits per heavy atom. The van der Waals surface area contributed by atoms with Crippen LogP contribution < -0.4 is 0 Å². The number of hydrogen-bond donors (Lipinski definition) is 2. The standard InChI is InChI=1S/C27H36O4S2/c1-17(2)27(10-7-19-9-12-32-16-19)15-22(29)24(25(30)31-27)33-23-13-18(3)20(8-11-28)14-21(23)26(4,5)6/h9,12-14,16-17,28-29H,7-8,10-11,15H2,1-6H3. The van der Waals surface area contributed by atoms with E-state index in [1.807, 2.05) is 20.8 Å². The summed E-state index contributed by atoms with van der Waals surface area (Å²) in [4.78, 5) is 14.4. The summed E-state index contributed by atoms with van der Waals surface area (Å²) in [7, 11) is 0. The van der Waals surface area contributed by atoms with E-state index in [0.717, 1.165) is 28.0 Å². The summed E-state index contributed by atoms with van der Waals surface area (Å²) in [5.74, 6) is -0.245. The molecule has 1 aliphatic heterocycles. The smallest absolute Gasteiger partial charge is 0.349 e. The fourth-order valence-corrected chi connectivity index (χ4v) is 6.24. The maximum absolute atomic E-state index is 13.2. The molecule has 0 bridgehead atoms. The first-order chi connectivity index (χ1) is 15.5. The van der Waals surface area contributed by atoms with Gasteiger partial charge in [-0.25, -0.2) is 4.79 Å². The highest BCUT2D eigenvalue weighted by Gasteiger charge is 2.44. The van der Waals surface area contributed by atoms with Gasteiger partial charge in [0.25, 0.3) is 0 Å². The molecular formula is C27H36O4S2. The second kappa shape index (κ2) is 10.2. The Balaban J connectivity index is 1.93. The van der Waals surface area contributed by atoms with Crippen molar-refractivity contribution in [3.63, 3.8) is 0 Å². The molecule has 2 heterocycles. The highest BCUT2D eigenvalue weighted by Crippen LogP contribution is 2.45. The molecule has 1 aliphatic rings. The van der Waals surface area contributed by atoms with Crippen LogP contribution in [0.5, 0.6) is 0 Å². The Morgan fingerprint density at radius 2 is 1.97 bits per heavy atom. The van der Waals surface area contributed by atoms with Crippen LogP contribution in [0.2, 0.25) is 0 Å². The van der Waals surface area contributed by atoms with E-state index in [2.05, 4.69) is 49.7 Å². The van der Waals surface area contributed by atoms with Crippen molar-refractivity contribution < 1.29 is 19.7 Å². The lowest BCUT2D eigenvalue weighted by Gasteiger charge is -2.40. The zero-order chi connectivity index (χ0) is 24.4. The van der Waals surface area contributed by atoms with E-state index in [1.165, 1.54) is 17.3 Å². The molecule has 0 amide bonds. The maximum Gasteiger partial charge on any atom is 0.349 e. The van der Waals surface area contributed by atoms with Crippen molar-refractivity contribution >= 4 is 29.1 Å². The minimum atomic E-state index is -0.707. The first kappa shape index (κ1) is 25.9. The zero-order valence-electron chi connectivity index (χ0n) is 20.5. The van der Waals surface area contributed by atoms with Crippen LogP contribution in [-0.2, 0) is 27.8 Å². The van der Waals surface area contributed by atoms with Gasteiger partial charge in [0.2, 0.25) is 0 Å². The van der Waals surface area contributed by atoms with Gasteiger partial charge in [0.15, 0.2) is 0 Å². The Morgan fingerprint density at radius 1 is 1.24 bits per heavy atom. The van der Waals surface area contributed by atoms with E-state index >= 15 is 0 Å². The van der Waals surface area contributed by atoms with Gasteiger partial charge in [-0.2, -0.15) is 11.3 Å². The molecule has 0 radical (unpaired) electrons. The van der Waals surface area contributed by atoms with E-state index in [0.29, 0.717) is 19.3 Å². The first-order valence-electron chi connectivity index (χ1n) is 11.6. The number of aliphatic hydroxyl groups is 2. The molecule has 0 fully saturated rings. The predicted octanol–water partition coefficient (Wildman–Crippen LogP) is 6.73. The molecule has 3 rings (SSSR count). The average Bonchev–Trinajstić information content (AvgIpc) is 3.24. The fraction of sp³-hybridized carbons (Fsp3) is 0.519. The average molecular weight is 489 g/mol. The van der Waals surface area contributed by atoms with Crippen LogP contribution in [0.4, 0.5) is 0 Å². The van der Waals surface area contributed by atoms with E-state index in [-0.39, 0.29) is 28.6 Å². The highest BCUT2D eigenvalue weighted by atomic mass is 32.2. The molecule has 6 heteroatoms. The van der Waals surface area contributed by atoms with Crippen molar-refractivity contribution in [3.05, 3.63) is 61.9 Å². The number of thioether (sulfide) groups is 1. The lowest BCUT2D eigenvalue weighted by atomic mass is 9.80. The molecule has 0 saturated heterocycles. The number of esters is 1. The van der Waals surface area contributed by atoms with Gasteiger partial charge in [-0.1, -0.05) is 52.4 Å². The van der Waals surface area contributed by atoms with Crippen LogP contribution in [0.1, 0.15) is 69.7 Å². The van der Waals surface area contributed by atoms with Gasteiger partial charge in [-0.15, -0.1) is 0 Å². The lowest BCUT2D eigenvalue weighted by molar-refractivity contribution is -0.164. The summed E-state index contributed by atoms with van der Waals surface area (Å²) < 4.78 is 6.10. The van der Waals surface area contributed by atoms with E-state index in [1.54, 1.807) is 11.3 Å². The number of hydrogen-bond acceptors (Lipinski definition) is 6.